The van der Waals surface area contributed by atoms with Gasteiger partial charge in [0.2, 0.25) is 0 Å². The van der Waals surface area contributed by atoms with E-state index < -0.39 is 0 Å². The van der Waals surface area contributed by atoms with Gasteiger partial charge in [-0.2, -0.15) is 10.5 Å². The predicted molar refractivity (Wildman–Crippen MR) is 204 cm³/mol. The summed E-state index contributed by atoms with van der Waals surface area (Å²) in [6.45, 7) is 13.6. The molecule has 0 radical (unpaired) electrons. The van der Waals surface area contributed by atoms with Crippen LogP contribution in [-0.4, -0.2) is 4.57 Å². The molecule has 1 aromatic heterocycles. The van der Waals surface area contributed by atoms with Gasteiger partial charge in [-0.15, -0.1) is 0 Å². The summed E-state index contributed by atoms with van der Waals surface area (Å²) < 4.78 is 2.39. The molecular formula is C46H39N3. The monoisotopic (exact) mass is 633 g/mol. The fourth-order valence-electron chi connectivity index (χ4n) is 6.89. The van der Waals surface area contributed by atoms with Crippen LogP contribution in [0.5, 0.6) is 0 Å². The van der Waals surface area contributed by atoms with Crippen molar-refractivity contribution in [1.82, 2.24) is 4.57 Å². The molecule has 0 atom stereocenters. The Morgan fingerprint density at radius 3 is 1.41 bits per heavy atom. The van der Waals surface area contributed by atoms with Crippen LogP contribution in [0.2, 0.25) is 0 Å². The molecule has 3 nitrogen and oxygen atoms in total. The SMILES string of the molecule is CC(C)(C)c1ccc2c(c1)c1cc(C(C)(C)C)ccc1n2-c1cc(-c2ccccc2)c(-c2cc(C#N)ccc2C#N)c(-c2ccccc2)c1. The first kappa shape index (κ1) is 31.7. The van der Waals surface area contributed by atoms with Crippen molar-refractivity contribution in [2.24, 2.45) is 0 Å². The molecule has 0 N–H and O–H groups in total. The van der Waals surface area contributed by atoms with Gasteiger partial charge in [-0.25, -0.2) is 0 Å². The number of benzene rings is 6. The van der Waals surface area contributed by atoms with Gasteiger partial charge in [0.25, 0.3) is 0 Å². The van der Waals surface area contributed by atoms with E-state index in [0.717, 1.165) is 50.1 Å². The Bertz CT molecular complexity index is 2320. The Balaban J connectivity index is 1.65. The lowest BCUT2D eigenvalue weighted by Gasteiger charge is -2.21. The lowest BCUT2D eigenvalue weighted by atomic mass is 9.84. The summed E-state index contributed by atoms with van der Waals surface area (Å²) in [6, 6.07) is 49.1. The predicted octanol–water partition coefficient (Wildman–Crippen LogP) is 12.1. The number of hydrogen-bond acceptors (Lipinski definition) is 2. The highest BCUT2D eigenvalue weighted by atomic mass is 15.0. The fourth-order valence-corrected chi connectivity index (χ4v) is 6.89. The molecular weight excluding hydrogens is 595 g/mol. The van der Waals surface area contributed by atoms with Crippen LogP contribution in [0.1, 0.15) is 63.8 Å². The summed E-state index contributed by atoms with van der Waals surface area (Å²) in [5.74, 6) is 0. The molecule has 7 rings (SSSR count). The number of nitrogens with zero attached hydrogens (tertiary/aromatic N) is 3. The van der Waals surface area contributed by atoms with Gasteiger partial charge in [0.05, 0.1) is 34.3 Å². The van der Waals surface area contributed by atoms with Crippen LogP contribution in [0.3, 0.4) is 0 Å². The molecule has 0 saturated carbocycles. The quantitative estimate of drug-likeness (QED) is 0.194. The van der Waals surface area contributed by atoms with Crippen LogP contribution in [0, 0.1) is 22.7 Å². The molecule has 0 amide bonds. The zero-order chi connectivity index (χ0) is 34.5. The standard InChI is InChI=1S/C46H39N3/c1-45(2,3)34-19-21-42-40(24-34)41-25-35(46(4,5)6)20-22-43(41)49(42)36-26-38(31-13-9-7-10-14-31)44(39(27-36)32-15-11-8-12-16-32)37-23-30(28-47)17-18-33(37)29-48/h7-27H,1-6H3. The van der Waals surface area contributed by atoms with Gasteiger partial charge in [-0.05, 0) is 104 Å². The van der Waals surface area contributed by atoms with Crippen LogP contribution < -0.4 is 0 Å². The third-order valence-electron chi connectivity index (χ3n) is 9.59. The van der Waals surface area contributed by atoms with Gasteiger partial charge < -0.3 is 4.57 Å². The van der Waals surface area contributed by atoms with Gasteiger partial charge in [0.15, 0.2) is 0 Å². The molecule has 49 heavy (non-hydrogen) atoms. The van der Waals surface area contributed by atoms with E-state index in [1.54, 1.807) is 12.1 Å². The van der Waals surface area contributed by atoms with Crippen molar-refractivity contribution in [2.45, 2.75) is 52.4 Å². The van der Waals surface area contributed by atoms with Crippen molar-refractivity contribution in [3.05, 3.63) is 150 Å². The Labute approximate surface area is 289 Å². The van der Waals surface area contributed by atoms with E-state index in [0.29, 0.717) is 11.1 Å². The fraction of sp³-hybridized carbons (Fsp3) is 0.174. The van der Waals surface area contributed by atoms with Crippen LogP contribution in [0.15, 0.2) is 127 Å². The van der Waals surface area contributed by atoms with Crippen LogP contribution in [0.25, 0.3) is 60.9 Å². The molecule has 3 heteroatoms. The number of aromatic nitrogens is 1. The lowest BCUT2D eigenvalue weighted by Crippen LogP contribution is -2.10. The zero-order valence-corrected chi connectivity index (χ0v) is 29.0. The molecule has 1 heterocycles. The zero-order valence-electron chi connectivity index (χ0n) is 29.0. The van der Waals surface area contributed by atoms with Gasteiger partial charge in [0.1, 0.15) is 0 Å². The Morgan fingerprint density at radius 1 is 0.490 bits per heavy atom. The Hall–Kier alpha value is -5.90. The smallest absolute Gasteiger partial charge is 0.0998 e. The summed E-state index contributed by atoms with van der Waals surface area (Å²) in [4.78, 5) is 0. The van der Waals surface area contributed by atoms with Gasteiger partial charge in [-0.1, -0.05) is 114 Å². The van der Waals surface area contributed by atoms with Gasteiger partial charge in [-0.3, -0.25) is 0 Å². The van der Waals surface area contributed by atoms with Gasteiger partial charge >= 0.3 is 0 Å². The highest BCUT2D eigenvalue weighted by molar-refractivity contribution is 6.10. The van der Waals surface area contributed by atoms with E-state index in [9.17, 15) is 10.5 Å². The summed E-state index contributed by atoms with van der Waals surface area (Å²) >= 11 is 0. The lowest BCUT2D eigenvalue weighted by molar-refractivity contribution is 0.590. The van der Waals surface area contributed by atoms with E-state index in [1.807, 2.05) is 42.5 Å². The summed E-state index contributed by atoms with van der Waals surface area (Å²) in [6.07, 6.45) is 0. The molecule has 7 aromatic rings. The number of nitriles is 2. The van der Waals surface area contributed by atoms with Gasteiger partial charge in [0, 0.05) is 22.0 Å². The maximum absolute atomic E-state index is 10.3. The first-order valence-corrected chi connectivity index (χ1v) is 16.8. The highest BCUT2D eigenvalue weighted by Crippen LogP contribution is 2.45. The first-order valence-electron chi connectivity index (χ1n) is 16.8. The van der Waals surface area contributed by atoms with Crippen molar-refractivity contribution in [3.8, 4) is 51.2 Å². The second-order valence-electron chi connectivity index (χ2n) is 14.9. The molecule has 0 unspecified atom stereocenters. The summed E-state index contributed by atoms with van der Waals surface area (Å²) in [5.41, 5.74) is 12.7. The third kappa shape index (κ3) is 5.69. The summed E-state index contributed by atoms with van der Waals surface area (Å²) in [7, 11) is 0. The molecule has 0 spiro atoms. The van der Waals surface area contributed by atoms with Crippen molar-refractivity contribution in [2.75, 3.05) is 0 Å². The maximum atomic E-state index is 10.3. The first-order chi connectivity index (χ1) is 23.5. The van der Waals surface area contributed by atoms with Crippen LogP contribution in [0.4, 0.5) is 0 Å². The molecule has 0 aliphatic rings. The topological polar surface area (TPSA) is 52.5 Å². The minimum atomic E-state index is 0.00324. The molecule has 0 bridgehead atoms. The number of hydrogen-bond donors (Lipinski definition) is 0. The second kappa shape index (κ2) is 12.0. The van der Waals surface area contributed by atoms with Crippen molar-refractivity contribution >= 4 is 21.8 Å². The van der Waals surface area contributed by atoms with E-state index in [4.69, 9.17) is 0 Å². The van der Waals surface area contributed by atoms with Crippen LogP contribution in [-0.2, 0) is 10.8 Å². The van der Waals surface area contributed by atoms with Crippen LogP contribution >= 0.6 is 0 Å². The Kier molecular flexibility index (Phi) is 7.74. The van der Waals surface area contributed by atoms with E-state index in [1.165, 1.54) is 21.9 Å². The molecule has 6 aromatic carbocycles. The van der Waals surface area contributed by atoms with E-state index in [-0.39, 0.29) is 10.8 Å². The molecule has 0 aliphatic carbocycles. The van der Waals surface area contributed by atoms with Crippen molar-refractivity contribution in [3.63, 3.8) is 0 Å². The largest absolute Gasteiger partial charge is 0.309 e. The second-order valence-corrected chi connectivity index (χ2v) is 14.9. The molecule has 238 valence electrons. The normalized spacial score (nSPS) is 11.8. The Morgan fingerprint density at radius 2 is 0.980 bits per heavy atom. The average Bonchev–Trinajstić information content (AvgIpc) is 3.44. The van der Waals surface area contributed by atoms with E-state index in [2.05, 4.69) is 131 Å². The molecule has 0 fully saturated rings. The van der Waals surface area contributed by atoms with Crippen molar-refractivity contribution < 1.29 is 0 Å². The average molecular weight is 634 g/mol. The van der Waals surface area contributed by atoms with Crippen molar-refractivity contribution in [1.29, 1.82) is 10.5 Å². The maximum Gasteiger partial charge on any atom is 0.0998 e. The molecule has 0 saturated heterocycles. The minimum absolute atomic E-state index is 0.00324. The van der Waals surface area contributed by atoms with E-state index >= 15 is 0 Å². The number of rotatable bonds is 4. The summed E-state index contributed by atoms with van der Waals surface area (Å²) in [5, 5.41) is 22.7. The molecule has 0 aliphatic heterocycles. The highest BCUT2D eigenvalue weighted by Gasteiger charge is 2.24. The minimum Gasteiger partial charge on any atom is -0.309 e. The number of fused-ring (bicyclic) bond motifs is 3. The third-order valence-corrected chi connectivity index (χ3v) is 9.59.